The topological polar surface area (TPSA) is 29.3 Å². The maximum atomic E-state index is 14.1. The van der Waals surface area contributed by atoms with Gasteiger partial charge >= 0.3 is 0 Å². The lowest BCUT2D eigenvalue weighted by Gasteiger charge is -2.48. The van der Waals surface area contributed by atoms with Gasteiger partial charge in [0.05, 0.1) is 0 Å². The summed E-state index contributed by atoms with van der Waals surface area (Å²) in [6, 6.07) is 3.67. The second kappa shape index (κ2) is 5.72. The number of fused-ring (bicyclic) bond motifs is 1. The fraction of sp³-hybridized carbons (Fsp3) is 0.647. The zero-order chi connectivity index (χ0) is 14.9. The van der Waals surface area contributed by atoms with Gasteiger partial charge in [0, 0.05) is 29.9 Å². The van der Waals surface area contributed by atoms with Gasteiger partial charge in [-0.05, 0) is 50.3 Å². The Balaban J connectivity index is 2.49. The third-order valence-corrected chi connectivity index (χ3v) is 4.51. The fourth-order valence-electron chi connectivity index (χ4n) is 3.45. The summed E-state index contributed by atoms with van der Waals surface area (Å²) in [5.41, 5.74) is 8.67. The van der Waals surface area contributed by atoms with Crippen LogP contribution in [0.5, 0.6) is 0 Å². The molecule has 0 saturated carbocycles. The third kappa shape index (κ3) is 2.69. The van der Waals surface area contributed by atoms with Crippen LogP contribution in [0.1, 0.15) is 64.0 Å². The summed E-state index contributed by atoms with van der Waals surface area (Å²) in [6.45, 7) is 10.2. The van der Waals surface area contributed by atoms with Crippen LogP contribution in [0.2, 0.25) is 0 Å². The molecule has 0 bridgehead atoms. The summed E-state index contributed by atoms with van der Waals surface area (Å²) in [5, 5.41) is 0. The quantitative estimate of drug-likeness (QED) is 0.895. The van der Waals surface area contributed by atoms with Crippen molar-refractivity contribution in [3.8, 4) is 0 Å². The molecule has 0 saturated heterocycles. The van der Waals surface area contributed by atoms with Gasteiger partial charge in [-0.1, -0.05) is 20.3 Å². The molecule has 0 unspecified atom stereocenters. The number of nitrogens with two attached hydrogens (primary N) is 1. The lowest BCUT2D eigenvalue weighted by atomic mass is 9.79. The van der Waals surface area contributed by atoms with E-state index in [1.54, 1.807) is 6.07 Å². The second-order valence-corrected chi connectivity index (χ2v) is 6.63. The molecule has 0 spiro atoms. The second-order valence-electron chi connectivity index (χ2n) is 6.63. The highest BCUT2D eigenvalue weighted by Gasteiger charge is 2.36. The summed E-state index contributed by atoms with van der Waals surface area (Å²) in [7, 11) is 0. The molecule has 1 aromatic carbocycles. The molecule has 1 atom stereocenters. The number of benzene rings is 1. The van der Waals surface area contributed by atoms with Gasteiger partial charge in [0.1, 0.15) is 5.82 Å². The molecule has 112 valence electrons. The molecule has 2 N–H and O–H groups in total. The van der Waals surface area contributed by atoms with Crippen molar-refractivity contribution >= 4 is 5.69 Å². The van der Waals surface area contributed by atoms with E-state index in [9.17, 15) is 4.39 Å². The van der Waals surface area contributed by atoms with E-state index in [1.807, 2.05) is 6.07 Å². The predicted octanol–water partition coefficient (Wildman–Crippen LogP) is 4.18. The van der Waals surface area contributed by atoms with Crippen molar-refractivity contribution < 1.29 is 4.39 Å². The van der Waals surface area contributed by atoms with E-state index in [1.165, 1.54) is 5.56 Å². The summed E-state index contributed by atoms with van der Waals surface area (Å²) >= 11 is 0. The van der Waals surface area contributed by atoms with Crippen LogP contribution in [0.3, 0.4) is 0 Å². The number of rotatable bonds is 4. The number of halogens is 1. The van der Waals surface area contributed by atoms with E-state index < -0.39 is 0 Å². The molecular formula is C17H27FN2. The Hall–Kier alpha value is -1.09. The summed E-state index contributed by atoms with van der Waals surface area (Å²) < 4.78 is 14.1. The first kappa shape index (κ1) is 15.3. The van der Waals surface area contributed by atoms with E-state index in [0.29, 0.717) is 11.5 Å². The molecular weight excluding hydrogens is 251 g/mol. The van der Waals surface area contributed by atoms with E-state index in [-0.39, 0.29) is 17.9 Å². The Labute approximate surface area is 122 Å². The van der Waals surface area contributed by atoms with E-state index in [0.717, 1.165) is 31.5 Å². The van der Waals surface area contributed by atoms with Crippen molar-refractivity contribution in [2.24, 2.45) is 5.73 Å². The van der Waals surface area contributed by atoms with Crippen LogP contribution in [-0.4, -0.2) is 12.1 Å². The van der Waals surface area contributed by atoms with Crippen LogP contribution in [0.25, 0.3) is 0 Å². The normalized spacial score (nSPS) is 20.9. The van der Waals surface area contributed by atoms with Gasteiger partial charge < -0.3 is 10.6 Å². The largest absolute Gasteiger partial charge is 0.366 e. The zero-order valence-corrected chi connectivity index (χ0v) is 13.2. The summed E-state index contributed by atoms with van der Waals surface area (Å²) in [6.07, 6.45) is 3.39. The standard InChI is InChI=1S/C17H27FN2/c1-5-6-7-20-16-9-15(18)13(11-19)8-14(16)12(2)10-17(20,3)4/h8-9,12H,5-7,10-11,19H2,1-4H3/t12-/m1/s1. The molecule has 2 rings (SSSR count). The Morgan fingerprint density at radius 2 is 2.10 bits per heavy atom. The zero-order valence-electron chi connectivity index (χ0n) is 13.2. The van der Waals surface area contributed by atoms with Crippen LogP contribution >= 0.6 is 0 Å². The van der Waals surface area contributed by atoms with Gasteiger partial charge in [0.25, 0.3) is 0 Å². The molecule has 0 aromatic heterocycles. The molecule has 1 heterocycles. The highest BCUT2D eigenvalue weighted by molar-refractivity contribution is 5.61. The van der Waals surface area contributed by atoms with Crippen LogP contribution in [0.4, 0.5) is 10.1 Å². The average Bonchev–Trinajstić information content (AvgIpc) is 2.37. The third-order valence-electron chi connectivity index (χ3n) is 4.51. The monoisotopic (exact) mass is 278 g/mol. The number of anilines is 1. The molecule has 1 aliphatic heterocycles. The van der Waals surface area contributed by atoms with Gasteiger partial charge in [-0.15, -0.1) is 0 Å². The number of hydrogen-bond donors (Lipinski definition) is 1. The minimum Gasteiger partial charge on any atom is -0.366 e. The van der Waals surface area contributed by atoms with Crippen molar-refractivity contribution in [1.82, 2.24) is 0 Å². The van der Waals surface area contributed by atoms with Gasteiger partial charge in [-0.2, -0.15) is 0 Å². The predicted molar refractivity (Wildman–Crippen MR) is 83.7 cm³/mol. The molecule has 0 amide bonds. The molecule has 20 heavy (non-hydrogen) atoms. The first-order valence-electron chi connectivity index (χ1n) is 7.70. The number of unbranched alkanes of at least 4 members (excludes halogenated alkanes) is 1. The molecule has 3 heteroatoms. The van der Waals surface area contributed by atoms with Crippen LogP contribution in [0, 0.1) is 5.82 Å². The minimum absolute atomic E-state index is 0.0816. The maximum Gasteiger partial charge on any atom is 0.129 e. The highest BCUT2D eigenvalue weighted by atomic mass is 19.1. The number of hydrogen-bond acceptors (Lipinski definition) is 2. The number of nitrogens with zero attached hydrogens (tertiary/aromatic N) is 1. The van der Waals surface area contributed by atoms with Gasteiger partial charge in [0.2, 0.25) is 0 Å². The van der Waals surface area contributed by atoms with Crippen molar-refractivity contribution in [2.45, 2.75) is 65.0 Å². The molecule has 0 aliphatic carbocycles. The summed E-state index contributed by atoms with van der Waals surface area (Å²) in [4.78, 5) is 2.38. The van der Waals surface area contributed by atoms with Crippen molar-refractivity contribution in [1.29, 1.82) is 0 Å². The highest BCUT2D eigenvalue weighted by Crippen LogP contribution is 2.44. The lowest BCUT2D eigenvalue weighted by molar-refractivity contribution is 0.372. The summed E-state index contributed by atoms with van der Waals surface area (Å²) in [5.74, 6) is 0.279. The van der Waals surface area contributed by atoms with Gasteiger partial charge in [-0.25, -0.2) is 4.39 Å². The Morgan fingerprint density at radius 3 is 2.70 bits per heavy atom. The Bertz CT molecular complexity index is 482. The Kier molecular flexibility index (Phi) is 4.38. The molecule has 0 radical (unpaired) electrons. The van der Waals surface area contributed by atoms with Crippen molar-refractivity contribution in [3.05, 3.63) is 29.1 Å². The van der Waals surface area contributed by atoms with Crippen LogP contribution in [-0.2, 0) is 6.54 Å². The first-order valence-corrected chi connectivity index (χ1v) is 7.70. The molecule has 1 aromatic rings. The molecule has 1 aliphatic rings. The molecule has 2 nitrogen and oxygen atoms in total. The van der Waals surface area contributed by atoms with Crippen LogP contribution < -0.4 is 10.6 Å². The average molecular weight is 278 g/mol. The Morgan fingerprint density at radius 1 is 1.40 bits per heavy atom. The van der Waals surface area contributed by atoms with Crippen molar-refractivity contribution in [3.63, 3.8) is 0 Å². The van der Waals surface area contributed by atoms with E-state index in [2.05, 4.69) is 32.6 Å². The van der Waals surface area contributed by atoms with E-state index >= 15 is 0 Å². The fourth-order valence-corrected chi connectivity index (χ4v) is 3.45. The van der Waals surface area contributed by atoms with E-state index in [4.69, 9.17) is 5.73 Å². The molecule has 0 fully saturated rings. The maximum absolute atomic E-state index is 14.1. The SMILES string of the molecule is CCCCN1c2cc(F)c(CN)cc2[C@H](C)CC1(C)C. The lowest BCUT2D eigenvalue weighted by Crippen LogP contribution is -2.48. The van der Waals surface area contributed by atoms with Gasteiger partial charge in [-0.3, -0.25) is 0 Å². The smallest absolute Gasteiger partial charge is 0.129 e. The first-order chi connectivity index (χ1) is 9.40. The van der Waals surface area contributed by atoms with Gasteiger partial charge in [0.15, 0.2) is 0 Å². The minimum atomic E-state index is -0.169. The van der Waals surface area contributed by atoms with Crippen LogP contribution in [0.15, 0.2) is 12.1 Å². The van der Waals surface area contributed by atoms with Crippen molar-refractivity contribution in [2.75, 3.05) is 11.4 Å².